The van der Waals surface area contributed by atoms with Crippen LogP contribution in [0.25, 0.3) is 0 Å². The van der Waals surface area contributed by atoms with Gasteiger partial charge in [-0.3, -0.25) is 24.6 Å². The number of nitrogens with zero attached hydrogens (tertiary/aromatic N) is 3. The summed E-state index contributed by atoms with van der Waals surface area (Å²) in [5, 5.41) is 13.3. The number of nitrogens with one attached hydrogen (secondary N) is 1. The first kappa shape index (κ1) is 16.9. The van der Waals surface area contributed by atoms with Crippen molar-refractivity contribution in [2.24, 2.45) is 4.99 Å². The van der Waals surface area contributed by atoms with Gasteiger partial charge >= 0.3 is 0 Å². The standard InChI is InChI=1S/C14H16N4O4S/c1-3-15-12(19)8-11-13(20)17(2)14(23-11)16-9-5-4-6-10(7-9)18(21)22/h4-7,11H,3,8H2,1-2H3,(H,15,19)/t11-/m1/s1. The maximum Gasteiger partial charge on any atom is 0.271 e. The molecule has 2 rings (SSSR count). The molecular weight excluding hydrogens is 320 g/mol. The number of nitro groups is 1. The maximum atomic E-state index is 12.2. The highest BCUT2D eigenvalue weighted by Gasteiger charge is 2.36. The van der Waals surface area contributed by atoms with Crippen LogP contribution in [0.5, 0.6) is 0 Å². The Morgan fingerprint density at radius 2 is 2.26 bits per heavy atom. The molecule has 8 nitrogen and oxygen atoms in total. The maximum absolute atomic E-state index is 12.2. The normalized spacial score (nSPS) is 19.2. The molecule has 0 aliphatic carbocycles. The zero-order chi connectivity index (χ0) is 17.0. The summed E-state index contributed by atoms with van der Waals surface area (Å²) in [6, 6.07) is 5.86. The van der Waals surface area contributed by atoms with Crippen LogP contribution in [0.3, 0.4) is 0 Å². The third-order valence-electron chi connectivity index (χ3n) is 3.15. The molecule has 0 aromatic heterocycles. The van der Waals surface area contributed by atoms with Crippen LogP contribution < -0.4 is 5.32 Å². The molecule has 122 valence electrons. The van der Waals surface area contributed by atoms with Gasteiger partial charge in [0.2, 0.25) is 11.8 Å². The number of hydrogen-bond acceptors (Lipinski definition) is 6. The van der Waals surface area contributed by atoms with Gasteiger partial charge in [0.1, 0.15) is 5.25 Å². The molecule has 9 heteroatoms. The number of nitro benzene ring substituents is 1. The van der Waals surface area contributed by atoms with Gasteiger partial charge in [0.15, 0.2) is 5.17 Å². The first-order chi connectivity index (χ1) is 10.9. The Bertz CT molecular complexity index is 676. The van der Waals surface area contributed by atoms with E-state index in [-0.39, 0.29) is 23.9 Å². The fourth-order valence-electron chi connectivity index (χ4n) is 2.02. The number of aliphatic imine (C=N–C) groups is 1. The lowest BCUT2D eigenvalue weighted by Gasteiger charge is -2.08. The summed E-state index contributed by atoms with van der Waals surface area (Å²) in [5.74, 6) is -0.395. The van der Waals surface area contributed by atoms with Gasteiger partial charge in [-0.2, -0.15) is 0 Å². The van der Waals surface area contributed by atoms with Crippen molar-refractivity contribution in [1.82, 2.24) is 10.2 Å². The highest BCUT2D eigenvalue weighted by molar-refractivity contribution is 8.15. The molecule has 23 heavy (non-hydrogen) atoms. The number of benzene rings is 1. The SMILES string of the molecule is CCNC(=O)C[C@H]1SC(=Nc2cccc([N+](=O)[O-])c2)N(C)C1=O. The molecular formula is C14H16N4O4S. The van der Waals surface area contributed by atoms with Crippen LogP contribution in [0.15, 0.2) is 29.3 Å². The van der Waals surface area contributed by atoms with Crippen molar-refractivity contribution < 1.29 is 14.5 Å². The van der Waals surface area contributed by atoms with E-state index in [4.69, 9.17) is 0 Å². The minimum Gasteiger partial charge on any atom is -0.356 e. The van der Waals surface area contributed by atoms with Crippen molar-refractivity contribution in [1.29, 1.82) is 0 Å². The van der Waals surface area contributed by atoms with Crippen LogP contribution in [0.4, 0.5) is 11.4 Å². The second-order valence-electron chi connectivity index (χ2n) is 4.83. The van der Waals surface area contributed by atoms with Gasteiger partial charge in [-0.25, -0.2) is 4.99 Å². The topological polar surface area (TPSA) is 105 Å². The molecule has 0 spiro atoms. The third-order valence-corrected chi connectivity index (χ3v) is 4.38. The number of amidine groups is 1. The van der Waals surface area contributed by atoms with Crippen LogP contribution in [-0.2, 0) is 9.59 Å². The summed E-state index contributed by atoms with van der Waals surface area (Å²) in [4.78, 5) is 39.7. The number of amides is 2. The lowest BCUT2D eigenvalue weighted by atomic mass is 10.2. The van der Waals surface area contributed by atoms with Crippen molar-refractivity contribution in [2.45, 2.75) is 18.6 Å². The molecule has 1 fully saturated rings. The monoisotopic (exact) mass is 336 g/mol. The minimum atomic E-state index is -0.524. The van der Waals surface area contributed by atoms with E-state index < -0.39 is 10.2 Å². The van der Waals surface area contributed by atoms with Crippen molar-refractivity contribution in [2.75, 3.05) is 13.6 Å². The Hall–Kier alpha value is -2.42. The molecule has 1 aliphatic rings. The largest absolute Gasteiger partial charge is 0.356 e. The number of thioether (sulfide) groups is 1. The van der Waals surface area contributed by atoms with Crippen LogP contribution in [0.2, 0.25) is 0 Å². The quantitative estimate of drug-likeness (QED) is 0.650. The Morgan fingerprint density at radius 3 is 2.91 bits per heavy atom. The molecule has 0 bridgehead atoms. The van der Waals surface area contributed by atoms with Crippen molar-refractivity contribution in [3.8, 4) is 0 Å². The smallest absolute Gasteiger partial charge is 0.271 e. The molecule has 0 saturated carbocycles. The summed E-state index contributed by atoms with van der Waals surface area (Å²) in [5.41, 5.74) is 0.322. The molecule has 1 heterocycles. The first-order valence-electron chi connectivity index (χ1n) is 6.96. The Morgan fingerprint density at radius 1 is 1.52 bits per heavy atom. The van der Waals surface area contributed by atoms with Gasteiger partial charge in [-0.05, 0) is 13.0 Å². The van der Waals surface area contributed by atoms with Gasteiger partial charge in [0, 0.05) is 32.1 Å². The van der Waals surface area contributed by atoms with Gasteiger partial charge in [0.05, 0.1) is 10.6 Å². The summed E-state index contributed by atoms with van der Waals surface area (Å²) < 4.78 is 0. The predicted molar refractivity (Wildman–Crippen MR) is 87.6 cm³/mol. The van der Waals surface area contributed by atoms with Gasteiger partial charge in [-0.15, -0.1) is 0 Å². The molecule has 1 atom stereocenters. The van der Waals surface area contributed by atoms with Gasteiger partial charge in [-0.1, -0.05) is 17.8 Å². The average molecular weight is 336 g/mol. The molecule has 2 amide bonds. The van der Waals surface area contributed by atoms with E-state index >= 15 is 0 Å². The Kier molecular flexibility index (Phi) is 5.32. The highest BCUT2D eigenvalue weighted by atomic mass is 32.2. The van der Waals surface area contributed by atoms with E-state index in [1.165, 1.54) is 34.9 Å². The molecule has 1 aromatic rings. The fraction of sp³-hybridized carbons (Fsp3) is 0.357. The van der Waals surface area contributed by atoms with E-state index in [1.54, 1.807) is 13.1 Å². The molecule has 1 saturated heterocycles. The van der Waals surface area contributed by atoms with E-state index in [2.05, 4.69) is 10.3 Å². The second-order valence-corrected chi connectivity index (χ2v) is 6.00. The van der Waals surface area contributed by atoms with Gasteiger partial charge < -0.3 is 5.32 Å². The van der Waals surface area contributed by atoms with Crippen LogP contribution >= 0.6 is 11.8 Å². The third kappa shape index (κ3) is 4.07. The summed E-state index contributed by atoms with van der Waals surface area (Å²) in [7, 11) is 1.57. The number of carbonyl (C=O) groups is 2. The van der Waals surface area contributed by atoms with E-state index in [1.807, 2.05) is 6.92 Å². The van der Waals surface area contributed by atoms with E-state index in [0.29, 0.717) is 17.4 Å². The van der Waals surface area contributed by atoms with E-state index in [0.717, 1.165) is 0 Å². The number of hydrogen-bond donors (Lipinski definition) is 1. The zero-order valence-corrected chi connectivity index (χ0v) is 13.5. The van der Waals surface area contributed by atoms with Crippen molar-refractivity contribution in [3.05, 3.63) is 34.4 Å². The Labute approximate surface area is 137 Å². The average Bonchev–Trinajstić information content (AvgIpc) is 2.76. The van der Waals surface area contributed by atoms with Gasteiger partial charge in [0.25, 0.3) is 5.69 Å². The second kappa shape index (κ2) is 7.23. The minimum absolute atomic E-state index is 0.0669. The predicted octanol–water partition coefficient (Wildman–Crippen LogP) is 1.68. The number of rotatable bonds is 5. The lowest BCUT2D eigenvalue weighted by Crippen LogP contribution is -2.32. The van der Waals surface area contributed by atoms with Crippen molar-refractivity contribution >= 4 is 40.1 Å². The van der Waals surface area contributed by atoms with E-state index in [9.17, 15) is 19.7 Å². The van der Waals surface area contributed by atoms with Crippen LogP contribution in [-0.4, -0.2) is 45.6 Å². The zero-order valence-electron chi connectivity index (χ0n) is 12.7. The molecule has 1 aliphatic heterocycles. The van der Waals surface area contributed by atoms with Crippen LogP contribution in [0.1, 0.15) is 13.3 Å². The molecule has 1 aromatic carbocycles. The number of non-ortho nitro benzene ring substituents is 1. The van der Waals surface area contributed by atoms with Crippen molar-refractivity contribution in [3.63, 3.8) is 0 Å². The summed E-state index contributed by atoms with van der Waals surface area (Å²) in [6.45, 7) is 2.32. The molecule has 0 unspecified atom stereocenters. The molecule has 1 N–H and O–H groups in total. The molecule has 0 radical (unpaired) electrons. The summed E-state index contributed by atoms with van der Waals surface area (Å²) >= 11 is 1.19. The lowest BCUT2D eigenvalue weighted by molar-refractivity contribution is -0.384. The highest BCUT2D eigenvalue weighted by Crippen LogP contribution is 2.31. The summed E-state index contributed by atoms with van der Waals surface area (Å²) in [6.07, 6.45) is 0.0790. The number of carbonyl (C=O) groups excluding carboxylic acids is 2. The Balaban J connectivity index is 2.17. The van der Waals surface area contributed by atoms with Crippen LogP contribution in [0, 0.1) is 10.1 Å². The first-order valence-corrected chi connectivity index (χ1v) is 7.84. The fourth-order valence-corrected chi connectivity index (χ4v) is 3.18.